The number of fused-ring (bicyclic) bond motifs is 1. The number of hydrogen-bond donors (Lipinski definition) is 2. The van der Waals surface area contributed by atoms with E-state index in [1.165, 1.54) is 0 Å². The van der Waals surface area contributed by atoms with Crippen LogP contribution in [0, 0.1) is 13.8 Å². The van der Waals surface area contributed by atoms with Gasteiger partial charge in [0.2, 0.25) is 5.91 Å². The predicted octanol–water partition coefficient (Wildman–Crippen LogP) is 3.61. The Morgan fingerprint density at radius 3 is 2.24 bits per heavy atom. The van der Waals surface area contributed by atoms with Crippen molar-refractivity contribution >= 4 is 34.5 Å². The summed E-state index contributed by atoms with van der Waals surface area (Å²) in [6, 6.07) is 22.1. The lowest BCUT2D eigenvalue weighted by atomic mass is 10.1. The van der Waals surface area contributed by atoms with E-state index in [-0.39, 0.29) is 11.3 Å². The van der Waals surface area contributed by atoms with E-state index in [1.807, 2.05) is 56.3 Å². The van der Waals surface area contributed by atoms with Gasteiger partial charge in [0.1, 0.15) is 0 Å². The molecule has 4 rings (SSSR count). The van der Waals surface area contributed by atoms with Gasteiger partial charge in [0.15, 0.2) is 5.16 Å². The Labute approximate surface area is 201 Å². The number of para-hydroxylation sites is 1. The van der Waals surface area contributed by atoms with Crippen LogP contribution in [0.2, 0.25) is 0 Å². The summed E-state index contributed by atoms with van der Waals surface area (Å²) in [4.78, 5) is 42.5. The summed E-state index contributed by atoms with van der Waals surface area (Å²) in [6.45, 7) is 4.27. The molecule has 1 heterocycles. The van der Waals surface area contributed by atoms with Crippen molar-refractivity contribution in [3.63, 3.8) is 0 Å². The van der Waals surface area contributed by atoms with Gasteiger partial charge < -0.3 is 0 Å². The first kappa shape index (κ1) is 23.3. The van der Waals surface area contributed by atoms with Crippen LogP contribution in [0.5, 0.6) is 0 Å². The van der Waals surface area contributed by atoms with Crippen molar-refractivity contribution in [3.8, 4) is 0 Å². The maximum atomic E-state index is 13.2. The minimum absolute atomic E-state index is 0.0210. The van der Waals surface area contributed by atoms with Crippen LogP contribution in [-0.2, 0) is 11.3 Å². The average molecular weight is 473 g/mol. The first-order valence-corrected chi connectivity index (χ1v) is 11.7. The highest BCUT2D eigenvalue weighted by atomic mass is 32.2. The molecule has 0 saturated carbocycles. The highest BCUT2D eigenvalue weighted by Gasteiger charge is 2.14. The van der Waals surface area contributed by atoms with Gasteiger partial charge in [-0.2, -0.15) is 0 Å². The molecule has 4 aromatic rings. The lowest BCUT2D eigenvalue weighted by Gasteiger charge is -2.14. The van der Waals surface area contributed by atoms with Gasteiger partial charge in [-0.15, -0.1) is 0 Å². The Bertz CT molecular complexity index is 1400. The summed E-state index contributed by atoms with van der Waals surface area (Å²) >= 11 is 1.14. The van der Waals surface area contributed by atoms with Crippen LogP contribution in [0.1, 0.15) is 27.0 Å². The van der Waals surface area contributed by atoms with Crippen molar-refractivity contribution < 1.29 is 9.59 Å². The van der Waals surface area contributed by atoms with Gasteiger partial charge >= 0.3 is 0 Å². The minimum atomic E-state index is -0.408. The molecule has 0 radical (unpaired) electrons. The molecule has 34 heavy (non-hydrogen) atoms. The van der Waals surface area contributed by atoms with Crippen LogP contribution in [0.15, 0.2) is 82.7 Å². The molecular formula is C26H24N4O3S. The number of hydrogen-bond acceptors (Lipinski definition) is 5. The molecule has 0 unspecified atom stereocenters. The van der Waals surface area contributed by atoms with Gasteiger partial charge in [-0.25, -0.2) is 4.98 Å². The largest absolute Gasteiger partial charge is 0.283 e. The molecule has 0 fully saturated rings. The van der Waals surface area contributed by atoms with Crippen molar-refractivity contribution in [3.05, 3.63) is 105 Å². The van der Waals surface area contributed by atoms with E-state index < -0.39 is 11.8 Å². The molecule has 0 bridgehead atoms. The van der Waals surface area contributed by atoms with Gasteiger partial charge in [0, 0.05) is 5.56 Å². The van der Waals surface area contributed by atoms with E-state index in [1.54, 1.807) is 34.9 Å². The van der Waals surface area contributed by atoms with E-state index in [0.29, 0.717) is 28.2 Å². The molecule has 0 aliphatic heterocycles. The molecule has 0 atom stereocenters. The molecule has 0 aliphatic carbocycles. The van der Waals surface area contributed by atoms with Crippen LogP contribution in [0.4, 0.5) is 0 Å². The fraction of sp³-hybridized carbons (Fsp3) is 0.154. The van der Waals surface area contributed by atoms with E-state index in [9.17, 15) is 14.4 Å². The Kier molecular flexibility index (Phi) is 7.08. The third-order valence-corrected chi connectivity index (χ3v) is 6.23. The summed E-state index contributed by atoms with van der Waals surface area (Å²) in [5.74, 6) is -0.833. The molecule has 2 amide bonds. The molecule has 7 nitrogen and oxygen atoms in total. The first-order chi connectivity index (χ1) is 16.4. The molecule has 0 aliphatic rings. The maximum absolute atomic E-state index is 13.2. The summed E-state index contributed by atoms with van der Waals surface area (Å²) in [6.07, 6.45) is 0. The van der Waals surface area contributed by atoms with Gasteiger partial charge in [-0.3, -0.25) is 29.8 Å². The number of aromatic nitrogens is 2. The molecule has 0 spiro atoms. The topological polar surface area (TPSA) is 93.1 Å². The summed E-state index contributed by atoms with van der Waals surface area (Å²) < 4.78 is 1.58. The zero-order valence-electron chi connectivity index (χ0n) is 18.9. The molecular weight excluding hydrogens is 448 g/mol. The molecule has 8 heteroatoms. The SMILES string of the molecule is Cc1ccc(Cn2c(SCC(=O)NNC(=O)c3ccc(C)cc3)nc3ccccc3c2=O)cc1. The Hall–Kier alpha value is -3.91. The molecule has 172 valence electrons. The van der Waals surface area contributed by atoms with Gasteiger partial charge in [-0.1, -0.05) is 71.4 Å². The minimum Gasteiger partial charge on any atom is -0.283 e. The van der Waals surface area contributed by atoms with Crippen molar-refractivity contribution in [2.45, 2.75) is 25.5 Å². The third-order valence-electron chi connectivity index (χ3n) is 5.25. The van der Waals surface area contributed by atoms with Crippen LogP contribution < -0.4 is 16.4 Å². The third kappa shape index (κ3) is 5.52. The molecule has 0 saturated heterocycles. The molecule has 3 aromatic carbocycles. The fourth-order valence-electron chi connectivity index (χ4n) is 3.34. The average Bonchev–Trinajstić information content (AvgIpc) is 2.85. The smallest absolute Gasteiger partial charge is 0.269 e. The normalized spacial score (nSPS) is 10.8. The highest BCUT2D eigenvalue weighted by molar-refractivity contribution is 7.99. The second-order valence-corrected chi connectivity index (χ2v) is 8.89. The second-order valence-electron chi connectivity index (χ2n) is 7.95. The summed E-state index contributed by atoms with van der Waals surface area (Å²) in [5, 5.41) is 0.957. The van der Waals surface area contributed by atoms with Crippen molar-refractivity contribution in [2.24, 2.45) is 0 Å². The zero-order valence-corrected chi connectivity index (χ0v) is 19.7. The quantitative estimate of drug-likeness (QED) is 0.254. The monoisotopic (exact) mass is 472 g/mol. The number of thioether (sulfide) groups is 1. The number of amides is 2. The number of hydrazine groups is 1. The number of nitrogens with zero attached hydrogens (tertiary/aromatic N) is 2. The first-order valence-electron chi connectivity index (χ1n) is 10.7. The van der Waals surface area contributed by atoms with Crippen molar-refractivity contribution in [1.82, 2.24) is 20.4 Å². The Morgan fingerprint density at radius 1 is 0.882 bits per heavy atom. The van der Waals surface area contributed by atoms with Gasteiger partial charge in [0.25, 0.3) is 11.5 Å². The van der Waals surface area contributed by atoms with Crippen LogP contribution >= 0.6 is 11.8 Å². The van der Waals surface area contributed by atoms with E-state index in [4.69, 9.17) is 0 Å². The maximum Gasteiger partial charge on any atom is 0.269 e. The number of carbonyl (C=O) groups excluding carboxylic acids is 2. The Balaban J connectivity index is 1.49. The van der Waals surface area contributed by atoms with E-state index >= 15 is 0 Å². The number of carbonyl (C=O) groups is 2. The standard InChI is InChI=1S/C26H24N4O3S/c1-17-7-11-19(12-8-17)15-30-25(33)21-5-3-4-6-22(21)27-26(30)34-16-23(31)28-29-24(32)20-13-9-18(2)10-14-20/h3-14H,15-16H2,1-2H3,(H,28,31)(H,29,32). The molecule has 2 N–H and O–H groups in total. The Morgan fingerprint density at radius 2 is 1.53 bits per heavy atom. The molecule has 1 aromatic heterocycles. The van der Waals surface area contributed by atoms with Crippen molar-refractivity contribution in [1.29, 1.82) is 0 Å². The number of rotatable bonds is 6. The number of aryl methyl sites for hydroxylation is 2. The van der Waals surface area contributed by atoms with Crippen LogP contribution in [0.25, 0.3) is 10.9 Å². The number of benzene rings is 3. The zero-order chi connectivity index (χ0) is 24.1. The second kappa shape index (κ2) is 10.4. The fourth-order valence-corrected chi connectivity index (χ4v) is 4.14. The van der Waals surface area contributed by atoms with Crippen LogP contribution in [-0.4, -0.2) is 27.1 Å². The lowest BCUT2D eigenvalue weighted by molar-refractivity contribution is -0.119. The van der Waals surface area contributed by atoms with E-state index in [0.717, 1.165) is 28.5 Å². The predicted molar refractivity (Wildman–Crippen MR) is 134 cm³/mol. The summed E-state index contributed by atoms with van der Waals surface area (Å²) in [5.41, 5.74) is 8.82. The number of nitrogens with one attached hydrogen (secondary N) is 2. The van der Waals surface area contributed by atoms with Crippen molar-refractivity contribution in [2.75, 3.05) is 5.75 Å². The van der Waals surface area contributed by atoms with Gasteiger partial charge in [-0.05, 0) is 43.7 Å². The highest BCUT2D eigenvalue weighted by Crippen LogP contribution is 2.19. The lowest BCUT2D eigenvalue weighted by Crippen LogP contribution is -2.42. The van der Waals surface area contributed by atoms with Gasteiger partial charge in [0.05, 0.1) is 23.2 Å². The van der Waals surface area contributed by atoms with E-state index in [2.05, 4.69) is 15.8 Å². The summed E-state index contributed by atoms with van der Waals surface area (Å²) in [7, 11) is 0. The van der Waals surface area contributed by atoms with Crippen LogP contribution in [0.3, 0.4) is 0 Å².